The van der Waals surface area contributed by atoms with Crippen LogP contribution in [-0.4, -0.2) is 20.3 Å². The van der Waals surface area contributed by atoms with E-state index in [1.807, 2.05) is 6.07 Å². The number of hydrogen-bond acceptors (Lipinski definition) is 7. The highest BCUT2D eigenvalue weighted by Gasteiger charge is 2.48. The number of anilines is 6. The zero-order valence-corrected chi connectivity index (χ0v) is 33.4. The van der Waals surface area contributed by atoms with Crippen LogP contribution < -0.4 is 45.3 Å². The van der Waals surface area contributed by atoms with Gasteiger partial charge in [0.2, 0.25) is 13.6 Å². The Labute approximate surface area is 323 Å². The van der Waals surface area contributed by atoms with Gasteiger partial charge in [0.25, 0.3) is 6.71 Å². The van der Waals surface area contributed by atoms with E-state index >= 15 is 0 Å². The van der Waals surface area contributed by atoms with Crippen molar-refractivity contribution in [1.29, 1.82) is 0 Å². The van der Waals surface area contributed by atoms with Crippen molar-refractivity contribution in [1.82, 2.24) is 0 Å². The Kier molecular flexibility index (Phi) is 7.12. The molecular formula is C47H47BN2O5. The van der Waals surface area contributed by atoms with Gasteiger partial charge in [-0.05, 0) is 112 Å². The van der Waals surface area contributed by atoms with Gasteiger partial charge in [0.1, 0.15) is 5.58 Å². The van der Waals surface area contributed by atoms with Crippen LogP contribution >= 0.6 is 0 Å². The predicted octanol–water partition coefficient (Wildman–Crippen LogP) is 10.3. The highest BCUT2D eigenvalue weighted by Crippen LogP contribution is 2.52. The molecule has 5 aromatic carbocycles. The lowest BCUT2D eigenvalue weighted by Crippen LogP contribution is -2.61. The summed E-state index contributed by atoms with van der Waals surface area (Å²) in [4.78, 5) is 4.90. The van der Waals surface area contributed by atoms with Crippen molar-refractivity contribution in [2.75, 3.05) is 23.4 Å². The summed E-state index contributed by atoms with van der Waals surface area (Å²) in [6, 6.07) is 26.8. The summed E-state index contributed by atoms with van der Waals surface area (Å²) in [5.41, 5.74) is 16.9. The molecule has 5 heterocycles. The fraction of sp³-hybridized carbons (Fsp3) is 0.319. The van der Waals surface area contributed by atoms with Crippen LogP contribution in [0.1, 0.15) is 89.1 Å². The molecule has 0 amide bonds. The third-order valence-corrected chi connectivity index (χ3v) is 11.9. The van der Waals surface area contributed by atoms with Gasteiger partial charge in [0, 0.05) is 34.6 Å². The average Bonchev–Trinajstić information content (AvgIpc) is 3.88. The summed E-state index contributed by atoms with van der Waals surface area (Å²) in [7, 11) is 0. The molecule has 4 aliphatic rings. The minimum Gasteiger partial charge on any atom is -0.468 e. The third kappa shape index (κ3) is 5.02. The maximum Gasteiger partial charge on any atom is 0.297 e. The summed E-state index contributed by atoms with van der Waals surface area (Å²) in [6.45, 7) is 23.0. The second kappa shape index (κ2) is 11.5. The molecule has 4 aliphatic heterocycles. The minimum atomic E-state index is -0.216. The summed E-state index contributed by atoms with van der Waals surface area (Å²) in [5, 5.41) is 1.11. The maximum atomic E-state index is 7.20. The molecule has 55 heavy (non-hydrogen) atoms. The average molecular weight is 731 g/mol. The molecule has 0 spiro atoms. The lowest BCUT2D eigenvalue weighted by molar-refractivity contribution is 0.173. The van der Waals surface area contributed by atoms with Crippen molar-refractivity contribution in [3.63, 3.8) is 0 Å². The molecule has 0 atom stereocenters. The van der Waals surface area contributed by atoms with Gasteiger partial charge in [-0.1, -0.05) is 73.6 Å². The van der Waals surface area contributed by atoms with E-state index in [0.29, 0.717) is 0 Å². The number of nitrogens with zero attached hydrogens (tertiary/aromatic N) is 2. The Morgan fingerprint density at radius 2 is 1.22 bits per heavy atom. The number of benzene rings is 5. The fourth-order valence-electron chi connectivity index (χ4n) is 8.97. The molecule has 8 heteroatoms. The summed E-state index contributed by atoms with van der Waals surface area (Å²) in [6.07, 6.45) is 0. The van der Waals surface area contributed by atoms with Crippen molar-refractivity contribution in [2.24, 2.45) is 0 Å². The number of aryl methyl sites for hydroxylation is 2. The molecule has 7 nitrogen and oxygen atoms in total. The van der Waals surface area contributed by atoms with E-state index in [-0.39, 0.29) is 37.0 Å². The van der Waals surface area contributed by atoms with Gasteiger partial charge in [-0.2, -0.15) is 0 Å². The van der Waals surface area contributed by atoms with Crippen molar-refractivity contribution < 1.29 is 23.4 Å². The zero-order valence-electron chi connectivity index (χ0n) is 33.4. The second-order valence-electron chi connectivity index (χ2n) is 18.0. The van der Waals surface area contributed by atoms with Gasteiger partial charge in [-0.15, -0.1) is 0 Å². The summed E-state index contributed by atoms with van der Waals surface area (Å²) in [5.74, 6) is 3.22. The Balaban J connectivity index is 1.35. The first-order valence-electron chi connectivity index (χ1n) is 19.5. The standard InChI is InChI=1S/C47H47BN2O5/c1-25(2)28-17-35-42-36(18-28)50(43-26(3)15-30(16-27(43)4)47(8,9)10)44-32-19-29(46(5,6)7)11-13-37(32)55-45(44)48(42)33-21-40-41(54-24-53-40)22-34(33)49(35)31-12-14-38-39(20-31)52-23-51-38/h11-22,25H,23-24H2,1-10H3. The van der Waals surface area contributed by atoms with E-state index in [1.165, 1.54) is 39.0 Å². The SMILES string of the molecule is Cc1cc(C(C)(C)C)cc(C)c1N1c2cc(C(C)C)cc3c2B(c2cc4c(cc2N3c2ccc3c(c2)OCO3)OCO4)c2oc3ccc(C(C)(C)C)cc3c21. The first-order valence-corrected chi connectivity index (χ1v) is 19.5. The topological polar surface area (TPSA) is 56.5 Å². The summed E-state index contributed by atoms with van der Waals surface area (Å²) < 4.78 is 31.1. The summed E-state index contributed by atoms with van der Waals surface area (Å²) >= 11 is 0. The van der Waals surface area contributed by atoms with Gasteiger partial charge >= 0.3 is 0 Å². The highest BCUT2D eigenvalue weighted by molar-refractivity contribution is 7.00. The van der Waals surface area contributed by atoms with Gasteiger partial charge in [-0.3, -0.25) is 0 Å². The molecule has 0 saturated carbocycles. The number of fused-ring (bicyclic) bond motifs is 8. The van der Waals surface area contributed by atoms with Crippen LogP contribution in [0, 0.1) is 13.8 Å². The van der Waals surface area contributed by atoms with E-state index < -0.39 is 0 Å². The van der Waals surface area contributed by atoms with E-state index in [0.717, 1.165) is 73.5 Å². The molecule has 0 unspecified atom stereocenters. The normalized spacial score (nSPS) is 15.2. The monoisotopic (exact) mass is 730 g/mol. The van der Waals surface area contributed by atoms with Crippen LogP contribution in [0.3, 0.4) is 0 Å². The van der Waals surface area contributed by atoms with Crippen LogP contribution in [0.15, 0.2) is 77.2 Å². The van der Waals surface area contributed by atoms with Crippen molar-refractivity contribution in [3.8, 4) is 23.0 Å². The Morgan fingerprint density at radius 3 is 1.87 bits per heavy atom. The molecule has 6 aromatic rings. The maximum absolute atomic E-state index is 7.20. The zero-order chi connectivity index (χ0) is 38.3. The number of hydrogen-bond donors (Lipinski definition) is 0. The third-order valence-electron chi connectivity index (χ3n) is 11.9. The first kappa shape index (κ1) is 34.0. The molecule has 0 saturated heterocycles. The van der Waals surface area contributed by atoms with Gasteiger partial charge in [0.05, 0.1) is 22.7 Å². The molecule has 0 N–H and O–H groups in total. The number of furan rings is 1. The highest BCUT2D eigenvalue weighted by atomic mass is 16.7. The van der Waals surface area contributed by atoms with Crippen LogP contribution in [-0.2, 0) is 10.8 Å². The lowest BCUT2D eigenvalue weighted by atomic mass is 9.35. The number of rotatable bonds is 3. The molecule has 0 aliphatic carbocycles. The van der Waals surface area contributed by atoms with Crippen molar-refractivity contribution >= 4 is 68.4 Å². The molecular weight excluding hydrogens is 683 g/mol. The van der Waals surface area contributed by atoms with Crippen molar-refractivity contribution in [3.05, 3.63) is 101 Å². The van der Waals surface area contributed by atoms with Gasteiger partial charge in [0.15, 0.2) is 23.0 Å². The van der Waals surface area contributed by atoms with E-state index in [2.05, 4.69) is 146 Å². The minimum absolute atomic E-state index is 0.00768. The lowest BCUT2D eigenvalue weighted by Gasteiger charge is -2.43. The quantitative estimate of drug-likeness (QED) is 0.168. The smallest absolute Gasteiger partial charge is 0.297 e. The Morgan fingerprint density at radius 1 is 0.600 bits per heavy atom. The van der Waals surface area contributed by atoms with Crippen molar-refractivity contribution in [2.45, 2.75) is 86.0 Å². The Hall–Kier alpha value is -5.50. The van der Waals surface area contributed by atoms with E-state index in [9.17, 15) is 0 Å². The van der Waals surface area contributed by atoms with Crippen LogP contribution in [0.4, 0.5) is 34.1 Å². The van der Waals surface area contributed by atoms with Gasteiger partial charge in [-0.25, -0.2) is 0 Å². The van der Waals surface area contributed by atoms with Crippen LogP contribution in [0.25, 0.3) is 11.0 Å². The fourth-order valence-corrected chi connectivity index (χ4v) is 8.97. The Bertz CT molecular complexity index is 2590. The molecule has 0 bridgehead atoms. The molecule has 0 fully saturated rings. The van der Waals surface area contributed by atoms with E-state index in [1.54, 1.807) is 0 Å². The number of ether oxygens (including phenoxy) is 4. The largest absolute Gasteiger partial charge is 0.468 e. The predicted molar refractivity (Wildman–Crippen MR) is 223 cm³/mol. The molecule has 278 valence electrons. The van der Waals surface area contributed by atoms with Crippen LogP contribution in [0.5, 0.6) is 23.0 Å². The van der Waals surface area contributed by atoms with Crippen LogP contribution in [0.2, 0.25) is 0 Å². The molecule has 0 radical (unpaired) electrons. The molecule has 10 rings (SSSR count). The second-order valence-corrected chi connectivity index (χ2v) is 18.0. The molecule has 1 aromatic heterocycles. The first-order chi connectivity index (χ1) is 26.2. The van der Waals surface area contributed by atoms with E-state index in [4.69, 9.17) is 23.4 Å². The van der Waals surface area contributed by atoms with Gasteiger partial charge < -0.3 is 33.2 Å².